The molecular weight excluding hydrogens is 436 g/mol. The van der Waals surface area contributed by atoms with Crippen molar-refractivity contribution >= 4 is 34.4 Å². The van der Waals surface area contributed by atoms with E-state index < -0.39 is 23.4 Å². The molecule has 0 spiro atoms. The normalized spacial score (nSPS) is 16.4. The number of nitrogens with zero attached hydrogens (tertiary/aromatic N) is 2. The Bertz CT molecular complexity index is 1270. The molecule has 172 valence electrons. The van der Waals surface area contributed by atoms with E-state index in [1.165, 1.54) is 19.3 Å². The Morgan fingerprint density at radius 3 is 2.15 bits per heavy atom. The molecule has 0 radical (unpaired) electrons. The molecule has 0 aromatic heterocycles. The van der Waals surface area contributed by atoms with Gasteiger partial charge in [0.2, 0.25) is 0 Å². The fourth-order valence-electron chi connectivity index (χ4n) is 4.45. The zero-order chi connectivity index (χ0) is 23.7. The van der Waals surface area contributed by atoms with Gasteiger partial charge in [-0.05, 0) is 61.2 Å². The van der Waals surface area contributed by atoms with Gasteiger partial charge in [0.05, 0.1) is 11.3 Å². The van der Waals surface area contributed by atoms with Gasteiger partial charge >= 0.3 is 0 Å². The van der Waals surface area contributed by atoms with Gasteiger partial charge in [-0.25, -0.2) is 13.7 Å². The maximum atomic E-state index is 14.5. The van der Waals surface area contributed by atoms with Gasteiger partial charge in [-0.3, -0.25) is 9.59 Å². The average molecular weight is 459 g/mol. The summed E-state index contributed by atoms with van der Waals surface area (Å²) < 4.78 is 28.0. The standard InChI is InChI=1S/C27H23F2N3O2/c28-19-9-14-23(22(29)17-19)32-26(33)24(18-7-3-1-4-8-18)25(27(32)34)30-20-10-12-21(13-11-20)31-15-5-2-6-16-31/h1,3-4,7-14,17,30H,2,5-6,15-16H2. The molecule has 2 heterocycles. The number of rotatable bonds is 5. The second kappa shape index (κ2) is 9.09. The average Bonchev–Trinajstić information content (AvgIpc) is 3.10. The molecule has 2 aliphatic heterocycles. The van der Waals surface area contributed by atoms with Crippen molar-refractivity contribution in [3.05, 3.63) is 95.7 Å². The zero-order valence-electron chi connectivity index (χ0n) is 18.4. The largest absolute Gasteiger partial charge is 0.372 e. The second-order valence-corrected chi connectivity index (χ2v) is 8.38. The zero-order valence-corrected chi connectivity index (χ0v) is 18.4. The second-order valence-electron chi connectivity index (χ2n) is 8.38. The summed E-state index contributed by atoms with van der Waals surface area (Å²) in [5.74, 6) is -3.14. The van der Waals surface area contributed by atoms with Gasteiger partial charge in [0.1, 0.15) is 17.3 Å². The molecule has 1 fully saturated rings. The molecule has 0 aliphatic carbocycles. The van der Waals surface area contributed by atoms with Crippen LogP contribution in [0.25, 0.3) is 5.57 Å². The molecule has 3 aromatic rings. The Hall–Kier alpha value is -4.00. The van der Waals surface area contributed by atoms with E-state index in [-0.39, 0.29) is 17.0 Å². The van der Waals surface area contributed by atoms with Gasteiger partial charge in [-0.1, -0.05) is 30.3 Å². The predicted molar refractivity (Wildman–Crippen MR) is 128 cm³/mol. The lowest BCUT2D eigenvalue weighted by Gasteiger charge is -2.28. The molecule has 0 unspecified atom stereocenters. The minimum Gasteiger partial charge on any atom is -0.372 e. The molecule has 3 aromatic carbocycles. The highest BCUT2D eigenvalue weighted by atomic mass is 19.1. The topological polar surface area (TPSA) is 52.7 Å². The fourth-order valence-corrected chi connectivity index (χ4v) is 4.45. The van der Waals surface area contributed by atoms with Crippen LogP contribution in [0.3, 0.4) is 0 Å². The molecule has 1 saturated heterocycles. The van der Waals surface area contributed by atoms with Crippen molar-refractivity contribution in [1.29, 1.82) is 0 Å². The van der Waals surface area contributed by atoms with Crippen LogP contribution in [0.5, 0.6) is 0 Å². The van der Waals surface area contributed by atoms with E-state index in [2.05, 4.69) is 10.2 Å². The molecule has 34 heavy (non-hydrogen) atoms. The summed E-state index contributed by atoms with van der Waals surface area (Å²) in [7, 11) is 0. The van der Waals surface area contributed by atoms with Crippen molar-refractivity contribution in [2.24, 2.45) is 0 Å². The first-order valence-electron chi connectivity index (χ1n) is 11.3. The summed E-state index contributed by atoms with van der Waals surface area (Å²) in [5.41, 5.74) is 2.15. The Kier molecular flexibility index (Phi) is 5.84. The number of carbonyl (C=O) groups is 2. The highest BCUT2D eigenvalue weighted by Gasteiger charge is 2.41. The lowest BCUT2D eigenvalue weighted by Crippen LogP contribution is -2.33. The molecule has 5 rings (SSSR count). The first-order valence-corrected chi connectivity index (χ1v) is 11.3. The maximum absolute atomic E-state index is 14.5. The minimum absolute atomic E-state index is 0.0469. The molecule has 5 nitrogen and oxygen atoms in total. The summed E-state index contributed by atoms with van der Waals surface area (Å²) in [6.07, 6.45) is 3.58. The third-order valence-electron chi connectivity index (χ3n) is 6.15. The summed E-state index contributed by atoms with van der Waals surface area (Å²) in [6.45, 7) is 2.03. The highest BCUT2D eigenvalue weighted by molar-refractivity contribution is 6.46. The van der Waals surface area contributed by atoms with Crippen LogP contribution in [0.1, 0.15) is 24.8 Å². The van der Waals surface area contributed by atoms with Crippen molar-refractivity contribution in [3.63, 3.8) is 0 Å². The van der Waals surface area contributed by atoms with Crippen LogP contribution in [-0.2, 0) is 9.59 Å². The van der Waals surface area contributed by atoms with E-state index in [9.17, 15) is 18.4 Å². The predicted octanol–water partition coefficient (Wildman–Crippen LogP) is 5.35. The number of benzene rings is 3. The number of anilines is 3. The van der Waals surface area contributed by atoms with Crippen LogP contribution in [0.2, 0.25) is 0 Å². The van der Waals surface area contributed by atoms with Gasteiger partial charge in [0, 0.05) is 30.5 Å². The van der Waals surface area contributed by atoms with Crippen LogP contribution in [-0.4, -0.2) is 24.9 Å². The Morgan fingerprint density at radius 1 is 0.765 bits per heavy atom. The summed E-state index contributed by atoms with van der Waals surface area (Å²) in [5, 5.41) is 3.08. The third-order valence-corrected chi connectivity index (χ3v) is 6.15. The van der Waals surface area contributed by atoms with Gasteiger partial charge in [0.15, 0.2) is 0 Å². The van der Waals surface area contributed by atoms with Crippen molar-refractivity contribution in [2.75, 3.05) is 28.2 Å². The number of halogens is 2. The smallest absolute Gasteiger partial charge is 0.282 e. The highest BCUT2D eigenvalue weighted by Crippen LogP contribution is 2.35. The molecule has 2 aliphatic rings. The monoisotopic (exact) mass is 459 g/mol. The number of nitrogens with one attached hydrogen (secondary N) is 1. The minimum atomic E-state index is -0.985. The Labute approximate surface area is 196 Å². The van der Waals surface area contributed by atoms with Crippen LogP contribution in [0, 0.1) is 11.6 Å². The molecule has 7 heteroatoms. The maximum Gasteiger partial charge on any atom is 0.282 e. The van der Waals surface area contributed by atoms with E-state index in [1.54, 1.807) is 30.3 Å². The summed E-state index contributed by atoms with van der Waals surface area (Å²) in [4.78, 5) is 29.8. The van der Waals surface area contributed by atoms with Crippen molar-refractivity contribution in [3.8, 4) is 0 Å². The number of piperidine rings is 1. The molecule has 0 saturated carbocycles. The lowest BCUT2D eigenvalue weighted by molar-refractivity contribution is -0.120. The summed E-state index contributed by atoms with van der Waals surface area (Å²) in [6, 6.07) is 19.2. The Morgan fingerprint density at radius 2 is 1.47 bits per heavy atom. The number of hydrogen-bond acceptors (Lipinski definition) is 4. The summed E-state index contributed by atoms with van der Waals surface area (Å²) >= 11 is 0. The number of imide groups is 1. The molecular formula is C27H23F2N3O2. The van der Waals surface area contributed by atoms with Gasteiger partial charge in [-0.2, -0.15) is 0 Å². The molecule has 2 amide bonds. The third kappa shape index (κ3) is 4.05. The van der Waals surface area contributed by atoms with Gasteiger partial charge in [-0.15, -0.1) is 0 Å². The SMILES string of the molecule is O=C1C(Nc2ccc(N3CCCCC3)cc2)=C(c2ccccc2)C(=O)N1c1ccc(F)cc1F. The molecule has 0 atom stereocenters. The quantitative estimate of drug-likeness (QED) is 0.523. The number of amides is 2. The van der Waals surface area contributed by atoms with E-state index in [0.29, 0.717) is 17.3 Å². The Balaban J connectivity index is 1.50. The first-order chi connectivity index (χ1) is 16.5. The van der Waals surface area contributed by atoms with E-state index in [4.69, 9.17) is 0 Å². The van der Waals surface area contributed by atoms with E-state index >= 15 is 0 Å². The molecule has 1 N–H and O–H groups in total. The van der Waals surface area contributed by atoms with Crippen molar-refractivity contribution in [2.45, 2.75) is 19.3 Å². The van der Waals surface area contributed by atoms with Crippen LogP contribution < -0.4 is 15.1 Å². The van der Waals surface area contributed by atoms with E-state index in [0.717, 1.165) is 35.8 Å². The van der Waals surface area contributed by atoms with Crippen LogP contribution in [0.4, 0.5) is 25.8 Å². The van der Waals surface area contributed by atoms with Crippen molar-refractivity contribution in [1.82, 2.24) is 0 Å². The first kappa shape index (κ1) is 21.8. The van der Waals surface area contributed by atoms with Crippen LogP contribution >= 0.6 is 0 Å². The fraction of sp³-hybridized carbons (Fsp3) is 0.185. The van der Waals surface area contributed by atoms with Crippen molar-refractivity contribution < 1.29 is 18.4 Å². The van der Waals surface area contributed by atoms with E-state index in [1.807, 2.05) is 24.3 Å². The van der Waals surface area contributed by atoms with Crippen LogP contribution in [0.15, 0.2) is 78.5 Å². The lowest BCUT2D eigenvalue weighted by atomic mass is 10.0. The molecule has 0 bridgehead atoms. The van der Waals surface area contributed by atoms with Gasteiger partial charge < -0.3 is 10.2 Å². The van der Waals surface area contributed by atoms with Gasteiger partial charge in [0.25, 0.3) is 11.8 Å². The number of hydrogen-bond donors (Lipinski definition) is 1. The number of carbonyl (C=O) groups excluding carboxylic acids is 2.